The van der Waals surface area contributed by atoms with E-state index in [2.05, 4.69) is 0 Å². The number of hydrogen-bond acceptors (Lipinski definition) is 3. The third kappa shape index (κ3) is 1.64. The molecule has 1 unspecified atom stereocenters. The van der Waals surface area contributed by atoms with E-state index in [1.807, 2.05) is 6.92 Å². The molecule has 1 aliphatic heterocycles. The molecule has 9 heavy (non-hydrogen) atoms. The second-order valence-corrected chi connectivity index (χ2v) is 2.20. The summed E-state index contributed by atoms with van der Waals surface area (Å²) in [5, 5.41) is 0. The number of nitrogens with two attached hydrogens (primary N) is 1. The van der Waals surface area contributed by atoms with Gasteiger partial charge in [-0.1, -0.05) is 0 Å². The molecule has 0 aromatic carbocycles. The summed E-state index contributed by atoms with van der Waals surface area (Å²) in [4.78, 5) is 0. The molecule has 1 fully saturated rings. The molecule has 0 aliphatic carbocycles. The van der Waals surface area contributed by atoms with E-state index in [-0.39, 0.29) is 12.1 Å². The molecular weight excluding hydrogens is 118 g/mol. The molecule has 0 aromatic heterocycles. The van der Waals surface area contributed by atoms with E-state index in [1.165, 1.54) is 0 Å². The standard InChI is InChI=1S/C6H13NO2/c1-2-9-6-4-8-3-5(6)7/h5-6H,2-4,7H2,1H3/t5-,6?/m1/s1. The lowest BCUT2D eigenvalue weighted by atomic mass is 10.2. The molecule has 0 bridgehead atoms. The maximum atomic E-state index is 5.62. The highest BCUT2D eigenvalue weighted by molar-refractivity contribution is 4.78. The van der Waals surface area contributed by atoms with Crippen molar-refractivity contribution < 1.29 is 9.47 Å². The van der Waals surface area contributed by atoms with Crippen LogP contribution in [0.2, 0.25) is 0 Å². The van der Waals surface area contributed by atoms with Crippen LogP contribution in [0.15, 0.2) is 0 Å². The van der Waals surface area contributed by atoms with Crippen LogP contribution in [0, 0.1) is 0 Å². The van der Waals surface area contributed by atoms with Gasteiger partial charge in [-0.05, 0) is 6.92 Å². The van der Waals surface area contributed by atoms with E-state index in [0.29, 0.717) is 13.2 Å². The van der Waals surface area contributed by atoms with E-state index in [0.717, 1.165) is 6.61 Å². The molecule has 0 spiro atoms. The predicted octanol–water partition coefficient (Wildman–Crippen LogP) is -0.251. The second kappa shape index (κ2) is 3.15. The zero-order valence-corrected chi connectivity index (χ0v) is 5.67. The minimum Gasteiger partial charge on any atom is -0.377 e. The molecule has 1 aliphatic rings. The van der Waals surface area contributed by atoms with Crippen molar-refractivity contribution >= 4 is 0 Å². The topological polar surface area (TPSA) is 44.5 Å². The number of hydrogen-bond donors (Lipinski definition) is 1. The molecule has 0 amide bonds. The van der Waals surface area contributed by atoms with E-state index in [9.17, 15) is 0 Å². The minimum absolute atomic E-state index is 0.0879. The Kier molecular flexibility index (Phi) is 2.45. The molecule has 3 nitrogen and oxygen atoms in total. The molecule has 1 rings (SSSR count). The Balaban J connectivity index is 2.22. The summed E-state index contributed by atoms with van der Waals surface area (Å²) in [6, 6.07) is 0.0879. The van der Waals surface area contributed by atoms with Crippen molar-refractivity contribution in [2.24, 2.45) is 5.73 Å². The molecule has 0 radical (unpaired) electrons. The first-order valence-corrected chi connectivity index (χ1v) is 3.29. The van der Waals surface area contributed by atoms with Crippen molar-refractivity contribution in [3.63, 3.8) is 0 Å². The largest absolute Gasteiger partial charge is 0.377 e. The molecule has 54 valence electrons. The Hall–Kier alpha value is -0.120. The summed E-state index contributed by atoms with van der Waals surface area (Å²) in [6.45, 7) is 3.99. The minimum atomic E-state index is 0.0879. The first kappa shape index (κ1) is 6.99. The Labute approximate surface area is 55.1 Å². The first-order valence-electron chi connectivity index (χ1n) is 3.29. The molecular formula is C6H13NO2. The molecule has 0 saturated carbocycles. The van der Waals surface area contributed by atoms with Crippen LogP contribution in [0.1, 0.15) is 6.92 Å². The Morgan fingerprint density at radius 3 is 2.89 bits per heavy atom. The fourth-order valence-corrected chi connectivity index (χ4v) is 0.937. The first-order chi connectivity index (χ1) is 4.34. The van der Waals surface area contributed by atoms with Crippen LogP contribution in [0.5, 0.6) is 0 Å². The van der Waals surface area contributed by atoms with Gasteiger partial charge in [0.15, 0.2) is 0 Å². The van der Waals surface area contributed by atoms with Crippen LogP contribution in [0.3, 0.4) is 0 Å². The van der Waals surface area contributed by atoms with E-state index in [1.54, 1.807) is 0 Å². The maximum Gasteiger partial charge on any atom is 0.0981 e. The monoisotopic (exact) mass is 131 g/mol. The van der Waals surface area contributed by atoms with Crippen molar-refractivity contribution in [2.75, 3.05) is 19.8 Å². The summed E-state index contributed by atoms with van der Waals surface area (Å²) in [5.74, 6) is 0. The van der Waals surface area contributed by atoms with Gasteiger partial charge in [0.1, 0.15) is 0 Å². The summed E-state index contributed by atoms with van der Waals surface area (Å²) in [6.07, 6.45) is 0.134. The van der Waals surface area contributed by atoms with E-state index >= 15 is 0 Å². The summed E-state index contributed by atoms with van der Waals surface area (Å²) in [7, 11) is 0. The van der Waals surface area contributed by atoms with Gasteiger partial charge in [-0.3, -0.25) is 0 Å². The Morgan fingerprint density at radius 1 is 1.67 bits per heavy atom. The zero-order valence-electron chi connectivity index (χ0n) is 5.67. The third-order valence-electron chi connectivity index (χ3n) is 1.45. The van der Waals surface area contributed by atoms with Crippen LogP contribution in [0.25, 0.3) is 0 Å². The molecule has 1 heterocycles. The lowest BCUT2D eigenvalue weighted by Gasteiger charge is -2.11. The van der Waals surface area contributed by atoms with E-state index in [4.69, 9.17) is 15.2 Å². The maximum absolute atomic E-state index is 5.62. The summed E-state index contributed by atoms with van der Waals surface area (Å²) < 4.78 is 10.3. The van der Waals surface area contributed by atoms with Crippen molar-refractivity contribution in [3.05, 3.63) is 0 Å². The molecule has 2 atom stereocenters. The second-order valence-electron chi connectivity index (χ2n) is 2.20. The average Bonchev–Trinajstić information content (AvgIpc) is 2.18. The number of rotatable bonds is 2. The zero-order chi connectivity index (χ0) is 6.69. The van der Waals surface area contributed by atoms with Gasteiger partial charge in [0.25, 0.3) is 0 Å². The van der Waals surface area contributed by atoms with Crippen molar-refractivity contribution in [1.82, 2.24) is 0 Å². The van der Waals surface area contributed by atoms with Gasteiger partial charge in [-0.2, -0.15) is 0 Å². The quantitative estimate of drug-likeness (QED) is 0.562. The van der Waals surface area contributed by atoms with Gasteiger partial charge >= 0.3 is 0 Å². The van der Waals surface area contributed by atoms with Crippen molar-refractivity contribution in [2.45, 2.75) is 19.1 Å². The summed E-state index contributed by atoms with van der Waals surface area (Å²) in [5.41, 5.74) is 5.62. The fraction of sp³-hybridized carbons (Fsp3) is 1.00. The van der Waals surface area contributed by atoms with Crippen LogP contribution >= 0.6 is 0 Å². The van der Waals surface area contributed by atoms with E-state index < -0.39 is 0 Å². The summed E-state index contributed by atoms with van der Waals surface area (Å²) >= 11 is 0. The highest BCUT2D eigenvalue weighted by Crippen LogP contribution is 2.06. The van der Waals surface area contributed by atoms with Crippen molar-refractivity contribution in [1.29, 1.82) is 0 Å². The average molecular weight is 131 g/mol. The fourth-order valence-electron chi connectivity index (χ4n) is 0.937. The normalized spacial score (nSPS) is 35.3. The predicted molar refractivity (Wildman–Crippen MR) is 34.2 cm³/mol. The lowest BCUT2D eigenvalue weighted by molar-refractivity contribution is 0.0458. The SMILES string of the molecule is CCOC1COC[C@H]1N. The van der Waals surface area contributed by atoms with Crippen molar-refractivity contribution in [3.8, 4) is 0 Å². The van der Waals surface area contributed by atoms with Gasteiger partial charge in [0.05, 0.1) is 25.4 Å². The molecule has 0 aromatic rings. The highest BCUT2D eigenvalue weighted by Gasteiger charge is 2.24. The van der Waals surface area contributed by atoms with Gasteiger partial charge < -0.3 is 15.2 Å². The highest BCUT2D eigenvalue weighted by atomic mass is 16.5. The number of ether oxygens (including phenoxy) is 2. The van der Waals surface area contributed by atoms with Crippen LogP contribution in [-0.4, -0.2) is 32.0 Å². The Morgan fingerprint density at radius 2 is 2.44 bits per heavy atom. The smallest absolute Gasteiger partial charge is 0.0981 e. The third-order valence-corrected chi connectivity index (χ3v) is 1.45. The molecule has 3 heteroatoms. The lowest BCUT2D eigenvalue weighted by Crippen LogP contribution is -2.35. The molecule has 1 saturated heterocycles. The van der Waals surface area contributed by atoms with Gasteiger partial charge in [0, 0.05) is 6.61 Å². The van der Waals surface area contributed by atoms with Gasteiger partial charge in [-0.15, -0.1) is 0 Å². The van der Waals surface area contributed by atoms with Gasteiger partial charge in [0.2, 0.25) is 0 Å². The Bertz CT molecular complexity index is 87.1. The van der Waals surface area contributed by atoms with Crippen LogP contribution < -0.4 is 5.73 Å². The molecule has 2 N–H and O–H groups in total. The van der Waals surface area contributed by atoms with Crippen LogP contribution in [-0.2, 0) is 9.47 Å². The van der Waals surface area contributed by atoms with Crippen LogP contribution in [0.4, 0.5) is 0 Å². The van der Waals surface area contributed by atoms with Gasteiger partial charge in [-0.25, -0.2) is 0 Å².